The molecule has 0 saturated heterocycles. The maximum absolute atomic E-state index is 12.6. The van der Waals surface area contributed by atoms with Crippen LogP contribution in [0.25, 0.3) is 0 Å². The molecule has 0 radical (unpaired) electrons. The number of aromatic amines is 1. The monoisotopic (exact) mass is 399 g/mol. The molecule has 2 aromatic rings. The van der Waals surface area contributed by atoms with Crippen LogP contribution in [0.2, 0.25) is 0 Å². The number of nitrogens with zero attached hydrogens (tertiary/aromatic N) is 3. The fourth-order valence-corrected chi connectivity index (χ4v) is 3.74. The average Bonchev–Trinajstić information content (AvgIpc) is 3.44. The lowest BCUT2D eigenvalue weighted by Crippen LogP contribution is -2.36. The summed E-state index contributed by atoms with van der Waals surface area (Å²) in [6, 6.07) is 3.30. The molecule has 0 unspecified atom stereocenters. The van der Waals surface area contributed by atoms with Gasteiger partial charge in [0.15, 0.2) is 11.6 Å². The van der Waals surface area contributed by atoms with Gasteiger partial charge in [-0.25, -0.2) is 9.78 Å². The van der Waals surface area contributed by atoms with Crippen molar-refractivity contribution in [1.82, 2.24) is 14.5 Å². The summed E-state index contributed by atoms with van der Waals surface area (Å²) in [4.78, 5) is 54.7. The van der Waals surface area contributed by atoms with Crippen LogP contribution in [0.4, 0.5) is 5.82 Å². The van der Waals surface area contributed by atoms with Crippen molar-refractivity contribution in [2.75, 3.05) is 11.5 Å². The van der Waals surface area contributed by atoms with Gasteiger partial charge in [0.2, 0.25) is 0 Å². The number of nitrogens with two attached hydrogens (primary N) is 1. The summed E-state index contributed by atoms with van der Waals surface area (Å²) in [5, 5.41) is 9.59. The van der Waals surface area contributed by atoms with Gasteiger partial charge in [0, 0.05) is 17.3 Å². The molecule has 1 fully saturated rings. The van der Waals surface area contributed by atoms with E-state index in [4.69, 9.17) is 5.73 Å². The summed E-state index contributed by atoms with van der Waals surface area (Å²) in [5.74, 6) is -1.12. The Bertz CT molecular complexity index is 1150. The van der Waals surface area contributed by atoms with E-state index in [0.29, 0.717) is 11.3 Å². The summed E-state index contributed by atoms with van der Waals surface area (Å²) in [7, 11) is 0. The lowest BCUT2D eigenvalue weighted by Gasteiger charge is -2.11. The molecule has 0 bridgehead atoms. The Labute approximate surface area is 163 Å². The lowest BCUT2D eigenvalue weighted by atomic mass is 10.1. The second-order valence-corrected chi connectivity index (χ2v) is 7.44. The van der Waals surface area contributed by atoms with Gasteiger partial charge in [-0.1, -0.05) is 11.8 Å². The second-order valence-electron chi connectivity index (χ2n) is 6.47. The van der Waals surface area contributed by atoms with Gasteiger partial charge in [-0.3, -0.25) is 23.9 Å². The van der Waals surface area contributed by atoms with E-state index in [1.165, 1.54) is 17.6 Å². The number of nitrogens with one attached hydrogen (secondary N) is 1. The highest BCUT2D eigenvalue weighted by atomic mass is 32.2. The summed E-state index contributed by atoms with van der Waals surface area (Å²) in [6.07, 6.45) is 1.52. The first kappa shape index (κ1) is 19.6. The molecule has 1 aliphatic rings. The molecule has 1 aliphatic carbocycles. The molecular formula is C18H17N5O4S. The lowest BCUT2D eigenvalue weighted by molar-refractivity contribution is 0.100. The van der Waals surface area contributed by atoms with E-state index in [-0.39, 0.29) is 39.5 Å². The number of nitriles is 1. The zero-order valence-electron chi connectivity index (χ0n) is 15.2. The zero-order chi connectivity index (χ0) is 20.6. The first-order valence-electron chi connectivity index (χ1n) is 8.47. The molecule has 1 saturated carbocycles. The largest absolute Gasteiger partial charge is 0.384 e. The molecule has 28 heavy (non-hydrogen) atoms. The predicted octanol–water partition coefficient (Wildman–Crippen LogP) is 1.21. The minimum absolute atomic E-state index is 0.0998. The van der Waals surface area contributed by atoms with Gasteiger partial charge >= 0.3 is 5.69 Å². The molecule has 9 nitrogen and oxygen atoms in total. The number of carbonyl (C=O) groups is 2. The first-order chi connectivity index (χ1) is 13.2. The van der Waals surface area contributed by atoms with E-state index in [1.54, 1.807) is 6.92 Å². The van der Waals surface area contributed by atoms with Crippen LogP contribution in [-0.4, -0.2) is 31.9 Å². The number of nitrogen functional groups attached to an aromatic ring is 1. The molecule has 2 aromatic heterocycles. The highest BCUT2D eigenvalue weighted by molar-refractivity contribution is 8.00. The molecule has 0 amide bonds. The van der Waals surface area contributed by atoms with Crippen LogP contribution in [0.5, 0.6) is 0 Å². The molecule has 3 rings (SSSR count). The van der Waals surface area contributed by atoms with Crippen LogP contribution < -0.4 is 17.0 Å². The van der Waals surface area contributed by atoms with E-state index >= 15 is 0 Å². The SMILES string of the molecule is CC(=O)c1cc(C#N)c(SCC(=O)c2c(N)n(C3CC3)c(=O)[nH]c2=O)nc1C. The Morgan fingerprint density at radius 1 is 1.43 bits per heavy atom. The van der Waals surface area contributed by atoms with Gasteiger partial charge < -0.3 is 5.73 Å². The van der Waals surface area contributed by atoms with Crippen molar-refractivity contribution in [3.63, 3.8) is 0 Å². The van der Waals surface area contributed by atoms with E-state index < -0.39 is 17.0 Å². The fourth-order valence-electron chi connectivity index (χ4n) is 2.87. The molecule has 3 N–H and O–H groups in total. The number of aromatic nitrogens is 3. The first-order valence-corrected chi connectivity index (χ1v) is 9.46. The van der Waals surface area contributed by atoms with Crippen molar-refractivity contribution in [2.45, 2.75) is 37.8 Å². The van der Waals surface area contributed by atoms with Gasteiger partial charge in [0.05, 0.1) is 11.3 Å². The van der Waals surface area contributed by atoms with Crippen molar-refractivity contribution in [3.05, 3.63) is 49.3 Å². The number of pyridine rings is 1. The Hall–Kier alpha value is -3.19. The van der Waals surface area contributed by atoms with Crippen LogP contribution in [0.15, 0.2) is 20.7 Å². The highest BCUT2D eigenvalue weighted by Gasteiger charge is 2.30. The Morgan fingerprint density at radius 2 is 2.11 bits per heavy atom. The Morgan fingerprint density at radius 3 is 2.68 bits per heavy atom. The summed E-state index contributed by atoms with van der Waals surface area (Å²) < 4.78 is 1.24. The molecule has 0 atom stereocenters. The van der Waals surface area contributed by atoms with Gasteiger partial charge in [0.1, 0.15) is 22.5 Å². The third kappa shape index (κ3) is 3.61. The van der Waals surface area contributed by atoms with Gasteiger partial charge in [0.25, 0.3) is 5.56 Å². The van der Waals surface area contributed by atoms with Crippen LogP contribution in [0.1, 0.15) is 57.8 Å². The minimum Gasteiger partial charge on any atom is -0.384 e. The van der Waals surface area contributed by atoms with Crippen LogP contribution in [0.3, 0.4) is 0 Å². The number of anilines is 1. The van der Waals surface area contributed by atoms with E-state index in [9.17, 15) is 24.4 Å². The number of carbonyl (C=O) groups excluding carboxylic acids is 2. The molecule has 0 spiro atoms. The van der Waals surface area contributed by atoms with Gasteiger partial charge in [-0.05, 0) is 32.8 Å². The maximum atomic E-state index is 12.6. The fraction of sp³-hybridized carbons (Fsp3) is 0.333. The third-order valence-corrected chi connectivity index (χ3v) is 5.38. The number of hydrogen-bond acceptors (Lipinski definition) is 8. The van der Waals surface area contributed by atoms with Crippen LogP contribution >= 0.6 is 11.8 Å². The number of aryl methyl sites for hydroxylation is 1. The molecule has 144 valence electrons. The predicted molar refractivity (Wildman–Crippen MR) is 103 cm³/mol. The number of Topliss-reactive ketones (excluding diaryl/α,β-unsaturated/α-hetero) is 2. The number of H-pyrrole nitrogens is 1. The zero-order valence-corrected chi connectivity index (χ0v) is 16.1. The molecule has 10 heteroatoms. The number of thioether (sulfide) groups is 1. The van der Waals surface area contributed by atoms with E-state index in [1.807, 2.05) is 6.07 Å². The minimum atomic E-state index is -0.832. The normalized spacial score (nSPS) is 13.2. The summed E-state index contributed by atoms with van der Waals surface area (Å²) >= 11 is 0.970. The van der Waals surface area contributed by atoms with Crippen molar-refractivity contribution < 1.29 is 9.59 Å². The van der Waals surface area contributed by atoms with Crippen LogP contribution in [-0.2, 0) is 0 Å². The van der Waals surface area contributed by atoms with Gasteiger partial charge in [-0.15, -0.1) is 0 Å². The molecule has 0 aliphatic heterocycles. The maximum Gasteiger partial charge on any atom is 0.330 e. The van der Waals surface area contributed by atoms with Crippen molar-refractivity contribution in [3.8, 4) is 6.07 Å². The number of ketones is 2. The van der Waals surface area contributed by atoms with Gasteiger partial charge in [-0.2, -0.15) is 5.26 Å². The van der Waals surface area contributed by atoms with E-state index in [0.717, 1.165) is 24.6 Å². The second kappa shape index (κ2) is 7.44. The molecular weight excluding hydrogens is 382 g/mol. The quantitative estimate of drug-likeness (QED) is 0.543. The molecule has 2 heterocycles. The van der Waals surface area contributed by atoms with Crippen molar-refractivity contribution in [1.29, 1.82) is 5.26 Å². The van der Waals surface area contributed by atoms with E-state index in [2.05, 4.69) is 9.97 Å². The third-order valence-electron chi connectivity index (χ3n) is 4.39. The topological polar surface area (TPSA) is 152 Å². The van der Waals surface area contributed by atoms with Crippen molar-refractivity contribution in [2.24, 2.45) is 0 Å². The van der Waals surface area contributed by atoms with Crippen LogP contribution in [0, 0.1) is 18.3 Å². The standard InChI is InChI=1S/C18H17N5O4S/c1-8-12(9(2)24)5-10(6-19)17(21-8)28-7-13(25)14-15(20)23(11-3-4-11)18(27)22-16(14)26/h5,11H,3-4,7,20H2,1-2H3,(H,22,26,27). The number of hydrogen-bond donors (Lipinski definition) is 2. The summed E-state index contributed by atoms with van der Waals surface area (Å²) in [5.41, 5.74) is 5.16. The Kier molecular flexibility index (Phi) is 5.20. The smallest absolute Gasteiger partial charge is 0.330 e. The Balaban J connectivity index is 1.90. The average molecular weight is 399 g/mol. The summed E-state index contributed by atoms with van der Waals surface area (Å²) in [6.45, 7) is 3.02. The molecule has 0 aromatic carbocycles. The number of rotatable bonds is 6. The highest BCUT2D eigenvalue weighted by Crippen LogP contribution is 2.35. The van der Waals surface area contributed by atoms with Crippen molar-refractivity contribution >= 4 is 29.1 Å².